The highest BCUT2D eigenvalue weighted by molar-refractivity contribution is 5.94. The molecule has 4 N–H and O–H groups in total. The van der Waals surface area contributed by atoms with Gasteiger partial charge in [-0.15, -0.1) is 0 Å². The summed E-state index contributed by atoms with van der Waals surface area (Å²) in [5.41, 5.74) is 2.40. The number of nitrogens with two attached hydrogens (primary N) is 1. The van der Waals surface area contributed by atoms with E-state index < -0.39 is 0 Å². The van der Waals surface area contributed by atoms with E-state index in [0.717, 1.165) is 0 Å². The van der Waals surface area contributed by atoms with Gasteiger partial charge in [0.05, 0.1) is 23.9 Å². The zero-order chi connectivity index (χ0) is 19.1. The number of nitrogens with one attached hydrogen (secondary N) is 2. The maximum absolute atomic E-state index is 12.4. The molecule has 0 fully saturated rings. The standard InChI is InChI=1S/C20H29N3O3/c1-5-15-17(19(24)26-6-2)16(23-20(25)22-15)12-21-18(13(3)4)14-10-8-7-9-11-14/h7-11,13,15,18,21H,5-6,12H2,1-4H3,(H2,22,23,25)/p+1/t15-,18+/m1/s1. The summed E-state index contributed by atoms with van der Waals surface area (Å²) >= 11 is 0. The first kappa shape index (κ1) is 20.0. The van der Waals surface area contributed by atoms with Crippen molar-refractivity contribution >= 4 is 12.0 Å². The van der Waals surface area contributed by atoms with Crippen LogP contribution in [-0.4, -0.2) is 31.2 Å². The van der Waals surface area contributed by atoms with Gasteiger partial charge in [-0.2, -0.15) is 0 Å². The number of quaternary nitrogens is 1. The van der Waals surface area contributed by atoms with E-state index in [1.807, 2.05) is 25.1 Å². The third-order valence-electron chi connectivity index (χ3n) is 4.63. The minimum Gasteiger partial charge on any atom is -0.463 e. The van der Waals surface area contributed by atoms with Crippen LogP contribution < -0.4 is 16.0 Å². The summed E-state index contributed by atoms with van der Waals surface area (Å²) < 4.78 is 5.22. The average molecular weight is 360 g/mol. The molecular weight excluding hydrogens is 330 g/mol. The van der Waals surface area contributed by atoms with Gasteiger partial charge >= 0.3 is 12.0 Å². The fourth-order valence-corrected chi connectivity index (χ4v) is 3.34. The lowest BCUT2D eigenvalue weighted by molar-refractivity contribution is -0.696. The number of ether oxygens (including phenoxy) is 1. The van der Waals surface area contributed by atoms with E-state index in [1.165, 1.54) is 5.56 Å². The van der Waals surface area contributed by atoms with Gasteiger partial charge in [0.2, 0.25) is 0 Å². The van der Waals surface area contributed by atoms with Gasteiger partial charge in [0.25, 0.3) is 0 Å². The first-order chi connectivity index (χ1) is 12.5. The Bertz CT molecular complexity index is 656. The molecule has 0 aliphatic carbocycles. The van der Waals surface area contributed by atoms with Crippen LogP contribution in [0.3, 0.4) is 0 Å². The zero-order valence-electron chi connectivity index (χ0n) is 16.0. The molecule has 0 aromatic heterocycles. The minimum atomic E-state index is -0.365. The van der Waals surface area contributed by atoms with E-state index in [1.54, 1.807) is 6.92 Å². The molecule has 6 heteroatoms. The Morgan fingerprint density at radius 2 is 1.92 bits per heavy atom. The van der Waals surface area contributed by atoms with Crippen LogP contribution in [-0.2, 0) is 9.53 Å². The monoisotopic (exact) mass is 360 g/mol. The number of esters is 1. The molecule has 2 amide bonds. The SMILES string of the molecule is CCOC(=O)C1=C(C[NH2+][C@H](c2ccccc2)C(C)C)NC(=O)N[C@@H]1CC. The molecule has 0 bridgehead atoms. The summed E-state index contributed by atoms with van der Waals surface area (Å²) in [6.07, 6.45) is 0.636. The summed E-state index contributed by atoms with van der Waals surface area (Å²) in [5.74, 6) is 0.0412. The van der Waals surface area contributed by atoms with E-state index in [-0.39, 0.29) is 24.1 Å². The van der Waals surface area contributed by atoms with Crippen molar-refractivity contribution in [2.45, 2.75) is 46.2 Å². The van der Waals surface area contributed by atoms with E-state index >= 15 is 0 Å². The lowest BCUT2D eigenvalue weighted by atomic mass is 9.95. The summed E-state index contributed by atoms with van der Waals surface area (Å²) in [5, 5.41) is 7.79. The van der Waals surface area contributed by atoms with E-state index in [0.29, 0.717) is 36.8 Å². The molecule has 26 heavy (non-hydrogen) atoms. The van der Waals surface area contributed by atoms with Crippen LogP contribution in [0.1, 0.15) is 45.7 Å². The quantitative estimate of drug-likeness (QED) is 0.619. The third kappa shape index (κ3) is 4.85. The molecule has 0 unspecified atom stereocenters. The zero-order valence-corrected chi connectivity index (χ0v) is 16.0. The van der Waals surface area contributed by atoms with Crippen molar-refractivity contribution in [1.82, 2.24) is 10.6 Å². The number of hydrogen-bond acceptors (Lipinski definition) is 3. The van der Waals surface area contributed by atoms with E-state index in [2.05, 4.69) is 41.9 Å². The molecule has 0 spiro atoms. The molecule has 0 saturated heterocycles. The van der Waals surface area contributed by atoms with Crippen molar-refractivity contribution in [3.8, 4) is 0 Å². The number of urea groups is 1. The topological polar surface area (TPSA) is 84.0 Å². The van der Waals surface area contributed by atoms with Gasteiger partial charge < -0.3 is 20.7 Å². The highest BCUT2D eigenvalue weighted by atomic mass is 16.5. The number of carbonyl (C=O) groups excluding carboxylic acids is 2. The first-order valence-corrected chi connectivity index (χ1v) is 9.33. The van der Waals surface area contributed by atoms with Gasteiger partial charge in [0.1, 0.15) is 12.6 Å². The van der Waals surface area contributed by atoms with Crippen LogP contribution in [0.25, 0.3) is 0 Å². The predicted octanol–water partition coefficient (Wildman–Crippen LogP) is 1.86. The normalized spacial score (nSPS) is 18.3. The molecule has 2 rings (SSSR count). The Kier molecular flexibility index (Phi) is 7.21. The van der Waals surface area contributed by atoms with Gasteiger partial charge in [-0.3, -0.25) is 0 Å². The van der Waals surface area contributed by atoms with Crippen LogP contribution in [0.4, 0.5) is 4.79 Å². The second kappa shape index (κ2) is 9.38. The average Bonchev–Trinajstić information content (AvgIpc) is 2.62. The number of benzene rings is 1. The fraction of sp³-hybridized carbons (Fsp3) is 0.500. The lowest BCUT2D eigenvalue weighted by Crippen LogP contribution is -2.87. The van der Waals surface area contributed by atoms with Gasteiger partial charge in [-0.25, -0.2) is 9.59 Å². The van der Waals surface area contributed by atoms with Crippen LogP contribution in [0.2, 0.25) is 0 Å². The number of rotatable bonds is 8. The highest BCUT2D eigenvalue weighted by Crippen LogP contribution is 2.19. The van der Waals surface area contributed by atoms with Crippen molar-refractivity contribution in [3.05, 3.63) is 47.2 Å². The Morgan fingerprint density at radius 3 is 2.50 bits per heavy atom. The molecule has 1 heterocycles. The van der Waals surface area contributed by atoms with Crippen LogP contribution >= 0.6 is 0 Å². The van der Waals surface area contributed by atoms with Crippen LogP contribution in [0.5, 0.6) is 0 Å². The summed E-state index contributed by atoms with van der Waals surface area (Å²) in [7, 11) is 0. The maximum Gasteiger partial charge on any atom is 0.338 e. The second-order valence-electron chi connectivity index (χ2n) is 6.79. The summed E-state index contributed by atoms with van der Waals surface area (Å²) in [6.45, 7) is 8.88. The molecule has 1 aliphatic heterocycles. The number of amides is 2. The molecule has 142 valence electrons. The van der Waals surface area contributed by atoms with Crippen molar-refractivity contribution in [2.75, 3.05) is 13.2 Å². The van der Waals surface area contributed by atoms with Gasteiger partial charge in [0, 0.05) is 11.5 Å². The van der Waals surface area contributed by atoms with Crippen molar-refractivity contribution in [1.29, 1.82) is 0 Å². The molecule has 0 saturated carbocycles. The molecular formula is C20H30N3O3+. The van der Waals surface area contributed by atoms with Crippen molar-refractivity contribution < 1.29 is 19.6 Å². The summed E-state index contributed by atoms with van der Waals surface area (Å²) in [6, 6.07) is 9.92. The van der Waals surface area contributed by atoms with Crippen molar-refractivity contribution in [3.63, 3.8) is 0 Å². The van der Waals surface area contributed by atoms with E-state index in [4.69, 9.17) is 4.74 Å². The Hall–Kier alpha value is -2.34. The molecule has 1 aromatic rings. The molecule has 2 atom stereocenters. The maximum atomic E-state index is 12.4. The Labute approximate surface area is 155 Å². The number of carbonyl (C=O) groups is 2. The van der Waals surface area contributed by atoms with Gasteiger partial charge in [-0.05, 0) is 13.3 Å². The van der Waals surface area contributed by atoms with Crippen molar-refractivity contribution in [2.24, 2.45) is 5.92 Å². The Balaban J connectivity index is 2.26. The third-order valence-corrected chi connectivity index (χ3v) is 4.63. The van der Waals surface area contributed by atoms with Crippen LogP contribution in [0.15, 0.2) is 41.6 Å². The minimum absolute atomic E-state index is 0.235. The number of hydrogen-bond donors (Lipinski definition) is 3. The predicted molar refractivity (Wildman–Crippen MR) is 100 cm³/mol. The Morgan fingerprint density at radius 1 is 1.23 bits per heavy atom. The largest absolute Gasteiger partial charge is 0.463 e. The van der Waals surface area contributed by atoms with E-state index in [9.17, 15) is 9.59 Å². The first-order valence-electron chi connectivity index (χ1n) is 9.33. The summed E-state index contributed by atoms with van der Waals surface area (Å²) in [4.78, 5) is 24.4. The molecule has 1 aromatic carbocycles. The van der Waals surface area contributed by atoms with Crippen LogP contribution in [0, 0.1) is 5.92 Å². The smallest absolute Gasteiger partial charge is 0.338 e. The van der Waals surface area contributed by atoms with Gasteiger partial charge in [-0.1, -0.05) is 51.1 Å². The molecule has 0 radical (unpaired) electrons. The second-order valence-corrected chi connectivity index (χ2v) is 6.79. The lowest BCUT2D eigenvalue weighted by Gasteiger charge is -2.29. The molecule has 1 aliphatic rings. The molecule has 6 nitrogen and oxygen atoms in total. The fourth-order valence-electron chi connectivity index (χ4n) is 3.34. The van der Waals surface area contributed by atoms with Gasteiger partial charge in [0.15, 0.2) is 0 Å². The highest BCUT2D eigenvalue weighted by Gasteiger charge is 2.33.